The highest BCUT2D eigenvalue weighted by atomic mass is 32.2. The summed E-state index contributed by atoms with van der Waals surface area (Å²) in [7, 11) is 0. The van der Waals surface area contributed by atoms with Crippen LogP contribution in [0.3, 0.4) is 0 Å². The standard InChI is InChI=1S/C9H10N2O2S/c1-2-6-3-4-7(14(12)13)5-8(6)9(10)11/h2-5H,1H2,(H3,10,11)(H,12,13)/p-1. The Morgan fingerprint density at radius 3 is 2.71 bits per heavy atom. The Morgan fingerprint density at radius 1 is 1.64 bits per heavy atom. The molecule has 1 rings (SSSR count). The van der Waals surface area contributed by atoms with E-state index >= 15 is 0 Å². The van der Waals surface area contributed by atoms with E-state index in [0.29, 0.717) is 11.1 Å². The van der Waals surface area contributed by atoms with Crippen LogP contribution in [0.2, 0.25) is 0 Å². The molecule has 0 aliphatic carbocycles. The smallest absolute Gasteiger partial charge is 0.123 e. The van der Waals surface area contributed by atoms with E-state index in [1.165, 1.54) is 18.2 Å². The number of benzene rings is 1. The molecule has 0 aliphatic heterocycles. The molecule has 3 N–H and O–H groups in total. The van der Waals surface area contributed by atoms with Gasteiger partial charge in [-0.3, -0.25) is 9.62 Å². The summed E-state index contributed by atoms with van der Waals surface area (Å²) in [6.07, 6.45) is 1.52. The highest BCUT2D eigenvalue weighted by molar-refractivity contribution is 7.79. The van der Waals surface area contributed by atoms with Gasteiger partial charge in [-0.05, 0) is 28.8 Å². The lowest BCUT2D eigenvalue weighted by molar-refractivity contribution is 0.537. The molecule has 0 saturated heterocycles. The average Bonchev–Trinajstić information content (AvgIpc) is 2.16. The molecule has 0 saturated carbocycles. The van der Waals surface area contributed by atoms with E-state index in [2.05, 4.69) is 6.58 Å². The third kappa shape index (κ3) is 2.07. The van der Waals surface area contributed by atoms with Crippen LogP contribution in [0.15, 0.2) is 29.7 Å². The molecule has 1 unspecified atom stereocenters. The SMILES string of the molecule is C=Cc1ccc(S(=O)[O-])cc1C(=N)N. The highest BCUT2D eigenvalue weighted by Crippen LogP contribution is 2.14. The molecule has 0 bridgehead atoms. The summed E-state index contributed by atoms with van der Waals surface area (Å²) in [4.78, 5) is 0.112. The number of rotatable bonds is 3. The van der Waals surface area contributed by atoms with Gasteiger partial charge in [-0.1, -0.05) is 18.7 Å². The van der Waals surface area contributed by atoms with E-state index < -0.39 is 11.1 Å². The van der Waals surface area contributed by atoms with Gasteiger partial charge in [0, 0.05) is 10.5 Å². The third-order valence-corrected chi connectivity index (χ3v) is 2.37. The molecule has 14 heavy (non-hydrogen) atoms. The van der Waals surface area contributed by atoms with E-state index in [9.17, 15) is 8.76 Å². The maximum Gasteiger partial charge on any atom is 0.123 e. The number of amidine groups is 1. The number of hydrogen-bond acceptors (Lipinski definition) is 3. The van der Waals surface area contributed by atoms with E-state index in [4.69, 9.17) is 11.1 Å². The molecule has 0 heterocycles. The summed E-state index contributed by atoms with van der Waals surface area (Å²) < 4.78 is 21.3. The molecule has 5 heteroatoms. The van der Waals surface area contributed by atoms with Crippen LogP contribution >= 0.6 is 0 Å². The van der Waals surface area contributed by atoms with E-state index in [-0.39, 0.29) is 10.7 Å². The van der Waals surface area contributed by atoms with Gasteiger partial charge in [0.15, 0.2) is 0 Å². The number of nitrogens with two attached hydrogens (primary N) is 1. The van der Waals surface area contributed by atoms with Crippen molar-refractivity contribution in [2.45, 2.75) is 4.90 Å². The first-order valence-corrected chi connectivity index (χ1v) is 4.84. The van der Waals surface area contributed by atoms with Crippen molar-refractivity contribution in [1.82, 2.24) is 0 Å². The average molecular weight is 209 g/mol. The fourth-order valence-corrected chi connectivity index (χ4v) is 1.44. The van der Waals surface area contributed by atoms with Crippen LogP contribution in [0.4, 0.5) is 0 Å². The minimum Gasteiger partial charge on any atom is -0.768 e. The molecule has 0 spiro atoms. The van der Waals surface area contributed by atoms with Crippen LogP contribution in [0, 0.1) is 5.41 Å². The minimum absolute atomic E-state index is 0.112. The fourth-order valence-electron chi connectivity index (χ4n) is 1.05. The fraction of sp³-hybridized carbons (Fsp3) is 0. The van der Waals surface area contributed by atoms with Crippen molar-refractivity contribution >= 4 is 23.0 Å². The van der Waals surface area contributed by atoms with Crippen LogP contribution in [0.1, 0.15) is 11.1 Å². The van der Waals surface area contributed by atoms with Crippen molar-refractivity contribution in [3.8, 4) is 0 Å². The predicted molar refractivity (Wildman–Crippen MR) is 54.7 cm³/mol. The molecule has 0 aliphatic rings. The first-order chi connectivity index (χ1) is 6.56. The van der Waals surface area contributed by atoms with E-state index in [0.717, 1.165) is 0 Å². The number of nitrogens with one attached hydrogen (secondary N) is 1. The molecular formula is C9H9N2O2S-. The van der Waals surface area contributed by atoms with Gasteiger partial charge in [0.1, 0.15) is 5.84 Å². The van der Waals surface area contributed by atoms with E-state index in [1.807, 2.05) is 0 Å². The zero-order valence-corrected chi connectivity index (χ0v) is 8.14. The lowest BCUT2D eigenvalue weighted by Crippen LogP contribution is -2.13. The topological polar surface area (TPSA) is 90.0 Å². The van der Waals surface area contributed by atoms with Crippen LogP contribution in [0.5, 0.6) is 0 Å². The van der Waals surface area contributed by atoms with E-state index in [1.54, 1.807) is 6.07 Å². The molecule has 0 fully saturated rings. The third-order valence-electron chi connectivity index (χ3n) is 1.73. The summed E-state index contributed by atoms with van der Waals surface area (Å²) >= 11 is -2.30. The first-order valence-electron chi connectivity index (χ1n) is 3.76. The van der Waals surface area contributed by atoms with Crippen LogP contribution in [0.25, 0.3) is 6.08 Å². The maximum atomic E-state index is 10.6. The summed E-state index contributed by atoms with van der Waals surface area (Å²) in [6, 6.07) is 4.35. The number of nitrogen functional groups attached to an aromatic ring is 1. The zero-order valence-electron chi connectivity index (χ0n) is 7.32. The highest BCUT2D eigenvalue weighted by Gasteiger charge is 2.04. The molecule has 0 aromatic heterocycles. The van der Waals surface area contributed by atoms with Crippen molar-refractivity contribution < 1.29 is 8.76 Å². The molecule has 1 atom stereocenters. The van der Waals surface area contributed by atoms with Gasteiger partial charge in [0.25, 0.3) is 0 Å². The molecule has 0 amide bonds. The Labute approximate surface area is 84.2 Å². The van der Waals surface area contributed by atoms with Gasteiger partial charge in [-0.15, -0.1) is 0 Å². The molecule has 1 aromatic rings. The monoisotopic (exact) mass is 209 g/mol. The second kappa shape index (κ2) is 4.17. The van der Waals surface area contributed by atoms with Crippen LogP contribution in [-0.4, -0.2) is 14.6 Å². The molecule has 1 aromatic carbocycles. The van der Waals surface area contributed by atoms with Crippen molar-refractivity contribution in [3.63, 3.8) is 0 Å². The summed E-state index contributed by atoms with van der Waals surface area (Å²) in [5.41, 5.74) is 6.32. The Bertz CT molecular complexity index is 415. The van der Waals surface area contributed by atoms with Gasteiger partial charge in [-0.25, -0.2) is 0 Å². The lowest BCUT2D eigenvalue weighted by atomic mass is 10.1. The number of hydrogen-bond donors (Lipinski definition) is 2. The van der Waals surface area contributed by atoms with Crippen LogP contribution in [-0.2, 0) is 11.1 Å². The largest absolute Gasteiger partial charge is 0.768 e. The molecular weight excluding hydrogens is 200 g/mol. The Balaban J connectivity index is 3.34. The van der Waals surface area contributed by atoms with Gasteiger partial charge in [-0.2, -0.15) is 0 Å². The van der Waals surface area contributed by atoms with Crippen molar-refractivity contribution in [2.24, 2.45) is 5.73 Å². The quantitative estimate of drug-likeness (QED) is 0.439. The van der Waals surface area contributed by atoms with Gasteiger partial charge in [0.2, 0.25) is 0 Å². The second-order valence-electron chi connectivity index (χ2n) is 2.60. The minimum atomic E-state index is -2.30. The van der Waals surface area contributed by atoms with Crippen molar-refractivity contribution in [1.29, 1.82) is 5.41 Å². The van der Waals surface area contributed by atoms with Gasteiger partial charge < -0.3 is 10.3 Å². The van der Waals surface area contributed by atoms with Gasteiger partial charge in [0.05, 0.1) is 0 Å². The van der Waals surface area contributed by atoms with Crippen molar-refractivity contribution in [2.75, 3.05) is 0 Å². The first kappa shape index (κ1) is 10.6. The Morgan fingerprint density at radius 2 is 2.29 bits per heavy atom. The summed E-state index contributed by atoms with van der Waals surface area (Å²) in [5.74, 6) is -0.174. The normalized spacial score (nSPS) is 12.1. The predicted octanol–water partition coefficient (Wildman–Crippen LogP) is 0.852. The maximum absolute atomic E-state index is 10.6. The summed E-state index contributed by atoms with van der Waals surface area (Å²) in [5, 5.41) is 7.25. The molecule has 0 radical (unpaired) electrons. The van der Waals surface area contributed by atoms with Crippen molar-refractivity contribution in [3.05, 3.63) is 35.9 Å². The van der Waals surface area contributed by atoms with Gasteiger partial charge >= 0.3 is 0 Å². The zero-order chi connectivity index (χ0) is 10.7. The second-order valence-corrected chi connectivity index (χ2v) is 3.54. The van der Waals surface area contributed by atoms with Crippen LogP contribution < -0.4 is 5.73 Å². The lowest BCUT2D eigenvalue weighted by Gasteiger charge is -2.09. The molecule has 74 valence electrons. The molecule has 4 nitrogen and oxygen atoms in total. The summed E-state index contributed by atoms with van der Waals surface area (Å²) in [6.45, 7) is 3.54. The Hall–Kier alpha value is -1.46. The Kier molecular flexibility index (Phi) is 3.16.